The number of rotatable bonds is 4. The smallest absolute Gasteiger partial charge is 0.120 e. The first-order chi connectivity index (χ1) is 9.17. The third-order valence-electron chi connectivity index (χ3n) is 5.05. The first kappa shape index (κ1) is 13.4. The molecule has 2 fully saturated rings. The van der Waals surface area contributed by atoms with E-state index in [0.717, 1.165) is 34.4 Å². The molecular weight excluding hydrogens is 302 g/mol. The van der Waals surface area contributed by atoms with Gasteiger partial charge in [-0.05, 0) is 61.1 Å². The van der Waals surface area contributed by atoms with Crippen molar-refractivity contribution in [3.8, 4) is 5.75 Å². The van der Waals surface area contributed by atoms with Crippen molar-refractivity contribution < 1.29 is 4.74 Å². The van der Waals surface area contributed by atoms with Crippen LogP contribution in [-0.2, 0) is 0 Å². The van der Waals surface area contributed by atoms with E-state index in [0.29, 0.717) is 0 Å². The van der Waals surface area contributed by atoms with E-state index in [1.165, 1.54) is 31.2 Å². The standard InChI is InChI=1S/C16H22BrNO/c1-19-13-4-5-14(15(17)9-13)16(18)8-12-7-10-2-3-11(12)6-10/h4-5,9-12,16H,2-3,6-8,18H2,1H3. The zero-order valence-corrected chi connectivity index (χ0v) is 13.0. The topological polar surface area (TPSA) is 35.2 Å². The monoisotopic (exact) mass is 323 g/mol. The third-order valence-corrected chi connectivity index (χ3v) is 5.74. The molecule has 0 aromatic heterocycles. The summed E-state index contributed by atoms with van der Waals surface area (Å²) >= 11 is 3.62. The maximum atomic E-state index is 6.43. The fraction of sp³-hybridized carbons (Fsp3) is 0.625. The lowest BCUT2D eigenvalue weighted by molar-refractivity contribution is 0.296. The zero-order valence-electron chi connectivity index (χ0n) is 11.4. The number of methoxy groups -OCH3 is 1. The summed E-state index contributed by atoms with van der Waals surface area (Å²) in [6, 6.07) is 6.25. The Balaban J connectivity index is 1.68. The van der Waals surface area contributed by atoms with E-state index in [2.05, 4.69) is 22.0 Å². The van der Waals surface area contributed by atoms with E-state index >= 15 is 0 Å². The summed E-state index contributed by atoms with van der Waals surface area (Å²) in [5.74, 6) is 3.68. The van der Waals surface area contributed by atoms with Gasteiger partial charge in [-0.3, -0.25) is 0 Å². The van der Waals surface area contributed by atoms with E-state index in [1.807, 2.05) is 12.1 Å². The second-order valence-corrected chi connectivity index (χ2v) is 7.02. The normalized spacial score (nSPS) is 30.6. The number of benzene rings is 1. The first-order valence-electron chi connectivity index (χ1n) is 7.26. The van der Waals surface area contributed by atoms with Crippen LogP contribution in [0.15, 0.2) is 22.7 Å². The summed E-state index contributed by atoms with van der Waals surface area (Å²) in [4.78, 5) is 0. The van der Waals surface area contributed by atoms with Gasteiger partial charge in [-0.2, -0.15) is 0 Å². The van der Waals surface area contributed by atoms with E-state index < -0.39 is 0 Å². The lowest BCUT2D eigenvalue weighted by atomic mass is 9.83. The summed E-state index contributed by atoms with van der Waals surface area (Å²) in [5.41, 5.74) is 7.64. The van der Waals surface area contributed by atoms with Crippen LogP contribution in [0.5, 0.6) is 5.75 Å². The van der Waals surface area contributed by atoms with Gasteiger partial charge < -0.3 is 10.5 Å². The molecule has 19 heavy (non-hydrogen) atoms. The third kappa shape index (κ3) is 2.68. The number of fused-ring (bicyclic) bond motifs is 2. The number of hydrogen-bond donors (Lipinski definition) is 1. The predicted octanol–water partition coefficient (Wildman–Crippen LogP) is 4.28. The van der Waals surface area contributed by atoms with Gasteiger partial charge in [0.25, 0.3) is 0 Å². The maximum Gasteiger partial charge on any atom is 0.120 e. The van der Waals surface area contributed by atoms with E-state index in [4.69, 9.17) is 10.5 Å². The Bertz CT molecular complexity index is 462. The Kier molecular flexibility index (Phi) is 3.86. The van der Waals surface area contributed by atoms with Crippen molar-refractivity contribution in [2.24, 2.45) is 23.5 Å². The molecule has 0 aliphatic heterocycles. The van der Waals surface area contributed by atoms with Crippen molar-refractivity contribution in [3.63, 3.8) is 0 Å². The first-order valence-corrected chi connectivity index (χ1v) is 8.05. The number of halogens is 1. The molecule has 2 bridgehead atoms. The summed E-state index contributed by atoms with van der Waals surface area (Å²) < 4.78 is 6.30. The van der Waals surface area contributed by atoms with Gasteiger partial charge in [-0.25, -0.2) is 0 Å². The van der Waals surface area contributed by atoms with Gasteiger partial charge in [-0.1, -0.05) is 28.4 Å². The van der Waals surface area contributed by atoms with Crippen LogP contribution >= 0.6 is 15.9 Å². The lowest BCUT2D eigenvalue weighted by Gasteiger charge is -2.25. The minimum absolute atomic E-state index is 0.143. The second-order valence-electron chi connectivity index (χ2n) is 6.16. The minimum atomic E-state index is 0.143. The summed E-state index contributed by atoms with van der Waals surface area (Å²) in [6.45, 7) is 0. The molecule has 0 saturated heterocycles. The van der Waals surface area contributed by atoms with E-state index in [-0.39, 0.29) is 6.04 Å². The minimum Gasteiger partial charge on any atom is -0.497 e. The van der Waals surface area contributed by atoms with Crippen molar-refractivity contribution in [2.75, 3.05) is 7.11 Å². The molecule has 3 heteroatoms. The highest BCUT2D eigenvalue weighted by molar-refractivity contribution is 9.10. The number of nitrogens with two attached hydrogens (primary N) is 1. The number of hydrogen-bond acceptors (Lipinski definition) is 2. The van der Waals surface area contributed by atoms with Crippen LogP contribution in [0.1, 0.15) is 43.7 Å². The van der Waals surface area contributed by atoms with Gasteiger partial charge in [0.2, 0.25) is 0 Å². The molecule has 2 aliphatic rings. The summed E-state index contributed by atoms with van der Waals surface area (Å²) in [7, 11) is 1.69. The Labute approximate surface area is 123 Å². The Morgan fingerprint density at radius 1 is 1.37 bits per heavy atom. The van der Waals surface area contributed by atoms with Gasteiger partial charge >= 0.3 is 0 Å². The fourth-order valence-electron chi connectivity index (χ4n) is 4.05. The average molecular weight is 324 g/mol. The van der Waals surface area contributed by atoms with Gasteiger partial charge in [0, 0.05) is 10.5 Å². The fourth-order valence-corrected chi connectivity index (χ4v) is 4.71. The van der Waals surface area contributed by atoms with Crippen LogP contribution in [0.2, 0.25) is 0 Å². The Morgan fingerprint density at radius 2 is 2.21 bits per heavy atom. The van der Waals surface area contributed by atoms with Crippen molar-refractivity contribution in [1.29, 1.82) is 0 Å². The van der Waals surface area contributed by atoms with Crippen molar-refractivity contribution >= 4 is 15.9 Å². The van der Waals surface area contributed by atoms with Crippen molar-refractivity contribution in [2.45, 2.75) is 38.1 Å². The van der Waals surface area contributed by atoms with E-state index in [1.54, 1.807) is 7.11 Å². The lowest BCUT2D eigenvalue weighted by Crippen LogP contribution is -2.19. The quantitative estimate of drug-likeness (QED) is 0.897. The Hall–Kier alpha value is -0.540. The van der Waals surface area contributed by atoms with Gasteiger partial charge in [-0.15, -0.1) is 0 Å². The van der Waals surface area contributed by atoms with Crippen molar-refractivity contribution in [1.82, 2.24) is 0 Å². The molecule has 104 valence electrons. The molecule has 1 aromatic carbocycles. The predicted molar refractivity (Wildman–Crippen MR) is 81.2 cm³/mol. The molecule has 0 spiro atoms. The highest BCUT2D eigenvalue weighted by Gasteiger charge is 2.39. The summed E-state index contributed by atoms with van der Waals surface area (Å²) in [5, 5.41) is 0. The van der Waals surface area contributed by atoms with Gasteiger partial charge in [0.1, 0.15) is 5.75 Å². The molecule has 2 saturated carbocycles. The molecule has 2 nitrogen and oxygen atoms in total. The largest absolute Gasteiger partial charge is 0.497 e. The maximum absolute atomic E-state index is 6.43. The molecule has 2 aliphatic carbocycles. The van der Waals surface area contributed by atoms with Crippen LogP contribution in [0.4, 0.5) is 0 Å². The molecular formula is C16H22BrNO. The zero-order chi connectivity index (χ0) is 13.4. The van der Waals surface area contributed by atoms with E-state index in [9.17, 15) is 0 Å². The molecule has 1 aromatic rings. The molecule has 3 rings (SSSR count). The highest BCUT2D eigenvalue weighted by atomic mass is 79.9. The molecule has 0 heterocycles. The van der Waals surface area contributed by atoms with Crippen LogP contribution in [0.3, 0.4) is 0 Å². The molecule has 4 unspecified atom stereocenters. The van der Waals surface area contributed by atoms with Gasteiger partial charge in [0.15, 0.2) is 0 Å². The molecule has 0 radical (unpaired) electrons. The van der Waals surface area contributed by atoms with Crippen LogP contribution in [-0.4, -0.2) is 7.11 Å². The Morgan fingerprint density at radius 3 is 2.79 bits per heavy atom. The van der Waals surface area contributed by atoms with Crippen molar-refractivity contribution in [3.05, 3.63) is 28.2 Å². The SMILES string of the molecule is COc1ccc(C(N)CC2CC3CCC2C3)c(Br)c1. The highest BCUT2D eigenvalue weighted by Crippen LogP contribution is 2.51. The molecule has 4 atom stereocenters. The second kappa shape index (κ2) is 5.45. The average Bonchev–Trinajstić information content (AvgIpc) is 3.00. The molecule has 0 amide bonds. The summed E-state index contributed by atoms with van der Waals surface area (Å²) in [6.07, 6.45) is 6.90. The van der Waals surface area contributed by atoms with Crippen LogP contribution < -0.4 is 10.5 Å². The number of ether oxygens (including phenoxy) is 1. The van der Waals surface area contributed by atoms with Crippen LogP contribution in [0, 0.1) is 17.8 Å². The van der Waals surface area contributed by atoms with Gasteiger partial charge in [0.05, 0.1) is 7.11 Å². The molecule has 2 N–H and O–H groups in total. The van der Waals surface area contributed by atoms with Crippen LogP contribution in [0.25, 0.3) is 0 Å².